The maximum atomic E-state index is 9.51. The summed E-state index contributed by atoms with van der Waals surface area (Å²) in [6, 6.07) is 12.5. The fourth-order valence-corrected chi connectivity index (χ4v) is 2.05. The standard InChI is InChI=1S/C17H23NO2/c1-4-12(2)18-11-16-9-10-17(20-16)15-7-5-14(6-8-15)13(3)19/h5-10,12-13,18-19H,4,11H2,1-3H3/p+1/t12-,13-/m1/s1. The Hall–Kier alpha value is -1.58. The van der Waals surface area contributed by atoms with Crippen LogP contribution in [0.2, 0.25) is 0 Å². The molecule has 0 saturated heterocycles. The molecule has 3 nitrogen and oxygen atoms in total. The Balaban J connectivity index is 2.04. The van der Waals surface area contributed by atoms with Gasteiger partial charge >= 0.3 is 0 Å². The first-order valence-electron chi connectivity index (χ1n) is 7.30. The number of furan rings is 1. The Kier molecular flexibility index (Phi) is 4.99. The Morgan fingerprint density at radius 2 is 1.80 bits per heavy atom. The van der Waals surface area contributed by atoms with Gasteiger partial charge in [-0.1, -0.05) is 31.2 Å². The van der Waals surface area contributed by atoms with Gasteiger partial charge in [0.15, 0.2) is 5.76 Å². The summed E-state index contributed by atoms with van der Waals surface area (Å²) >= 11 is 0. The minimum atomic E-state index is -0.429. The Labute approximate surface area is 120 Å². The zero-order valence-electron chi connectivity index (χ0n) is 12.5. The van der Waals surface area contributed by atoms with Gasteiger partial charge in [-0.15, -0.1) is 0 Å². The molecule has 3 N–H and O–H groups in total. The predicted octanol–water partition coefficient (Wildman–Crippen LogP) is 2.86. The molecule has 2 atom stereocenters. The first-order valence-corrected chi connectivity index (χ1v) is 7.30. The molecule has 3 heteroatoms. The van der Waals surface area contributed by atoms with Crippen molar-refractivity contribution in [3.05, 3.63) is 47.7 Å². The summed E-state index contributed by atoms with van der Waals surface area (Å²) in [6.07, 6.45) is 0.732. The molecule has 0 unspecified atom stereocenters. The number of rotatable bonds is 6. The van der Waals surface area contributed by atoms with E-state index in [1.165, 1.54) is 0 Å². The van der Waals surface area contributed by atoms with Gasteiger partial charge in [-0.2, -0.15) is 0 Å². The quantitative estimate of drug-likeness (QED) is 0.851. The first kappa shape index (κ1) is 14.8. The zero-order valence-corrected chi connectivity index (χ0v) is 12.5. The summed E-state index contributed by atoms with van der Waals surface area (Å²) < 4.78 is 5.87. The molecule has 0 bridgehead atoms. The highest BCUT2D eigenvalue weighted by atomic mass is 16.3. The fraction of sp³-hybridized carbons (Fsp3) is 0.412. The van der Waals surface area contributed by atoms with Crippen molar-refractivity contribution in [3.63, 3.8) is 0 Å². The molecule has 2 rings (SSSR count). The van der Waals surface area contributed by atoms with E-state index in [2.05, 4.69) is 19.2 Å². The summed E-state index contributed by atoms with van der Waals surface area (Å²) in [5.74, 6) is 1.88. The van der Waals surface area contributed by atoms with Crippen molar-refractivity contribution in [2.24, 2.45) is 0 Å². The van der Waals surface area contributed by atoms with Gasteiger partial charge in [0, 0.05) is 5.56 Å². The lowest BCUT2D eigenvalue weighted by molar-refractivity contribution is -0.703. The number of aliphatic hydroxyl groups excluding tert-OH is 1. The third-order valence-corrected chi connectivity index (χ3v) is 3.70. The number of hydrogen-bond donors (Lipinski definition) is 2. The number of aliphatic hydroxyl groups is 1. The van der Waals surface area contributed by atoms with Crippen LogP contribution in [0, 0.1) is 0 Å². The van der Waals surface area contributed by atoms with E-state index < -0.39 is 6.10 Å². The van der Waals surface area contributed by atoms with Gasteiger partial charge in [0.05, 0.1) is 12.1 Å². The molecule has 108 valence electrons. The van der Waals surface area contributed by atoms with Crippen LogP contribution in [-0.2, 0) is 6.54 Å². The molecule has 0 radical (unpaired) electrons. The van der Waals surface area contributed by atoms with Crippen LogP contribution < -0.4 is 5.32 Å². The highest BCUT2D eigenvalue weighted by Crippen LogP contribution is 2.23. The van der Waals surface area contributed by atoms with Crippen LogP contribution in [0.4, 0.5) is 0 Å². The minimum absolute atomic E-state index is 0.429. The third-order valence-electron chi connectivity index (χ3n) is 3.70. The van der Waals surface area contributed by atoms with E-state index in [-0.39, 0.29) is 0 Å². The summed E-state index contributed by atoms with van der Waals surface area (Å²) in [6.45, 7) is 7.06. The molecule has 1 aromatic heterocycles. The lowest BCUT2D eigenvalue weighted by Gasteiger charge is -2.06. The van der Waals surface area contributed by atoms with Crippen molar-refractivity contribution in [1.29, 1.82) is 0 Å². The Bertz CT molecular complexity index is 528. The normalized spacial score (nSPS) is 14.2. The molecule has 0 spiro atoms. The first-order chi connectivity index (χ1) is 9.60. The molecule has 0 aliphatic heterocycles. The highest BCUT2D eigenvalue weighted by Gasteiger charge is 2.08. The largest absolute Gasteiger partial charge is 0.455 e. The number of benzene rings is 1. The van der Waals surface area contributed by atoms with Gasteiger partial charge in [0.1, 0.15) is 12.3 Å². The molecule has 0 saturated carbocycles. The van der Waals surface area contributed by atoms with Gasteiger partial charge in [-0.25, -0.2) is 0 Å². The molecule has 0 aliphatic carbocycles. The van der Waals surface area contributed by atoms with Crippen molar-refractivity contribution >= 4 is 0 Å². The highest BCUT2D eigenvalue weighted by molar-refractivity contribution is 5.58. The van der Waals surface area contributed by atoms with Crippen molar-refractivity contribution in [2.75, 3.05) is 0 Å². The van der Waals surface area contributed by atoms with Crippen LogP contribution in [-0.4, -0.2) is 11.1 Å². The maximum Gasteiger partial charge on any atom is 0.158 e. The number of quaternary nitrogens is 1. The summed E-state index contributed by atoms with van der Waals surface area (Å²) in [5, 5.41) is 11.8. The molecule has 1 aromatic carbocycles. The molecule has 1 heterocycles. The average molecular weight is 274 g/mol. The smallest absolute Gasteiger partial charge is 0.158 e. The van der Waals surface area contributed by atoms with Crippen LogP contribution in [0.3, 0.4) is 0 Å². The van der Waals surface area contributed by atoms with E-state index in [0.29, 0.717) is 6.04 Å². The Morgan fingerprint density at radius 3 is 2.40 bits per heavy atom. The lowest BCUT2D eigenvalue weighted by atomic mass is 10.1. The van der Waals surface area contributed by atoms with Gasteiger partial charge in [0.25, 0.3) is 0 Å². The van der Waals surface area contributed by atoms with Crippen molar-refractivity contribution in [2.45, 2.75) is 45.9 Å². The van der Waals surface area contributed by atoms with E-state index in [0.717, 1.165) is 35.6 Å². The predicted molar refractivity (Wildman–Crippen MR) is 80.2 cm³/mol. The van der Waals surface area contributed by atoms with Gasteiger partial charge in [0.2, 0.25) is 0 Å². The van der Waals surface area contributed by atoms with Gasteiger partial charge < -0.3 is 14.8 Å². The number of nitrogens with two attached hydrogens (primary N) is 1. The zero-order chi connectivity index (χ0) is 14.5. The fourth-order valence-electron chi connectivity index (χ4n) is 2.05. The number of hydrogen-bond acceptors (Lipinski definition) is 2. The molecule has 0 aliphatic rings. The Morgan fingerprint density at radius 1 is 1.10 bits per heavy atom. The van der Waals surface area contributed by atoms with Crippen LogP contribution in [0.25, 0.3) is 11.3 Å². The van der Waals surface area contributed by atoms with E-state index >= 15 is 0 Å². The van der Waals surface area contributed by atoms with E-state index in [1.807, 2.05) is 36.4 Å². The van der Waals surface area contributed by atoms with Crippen LogP contribution in [0.1, 0.15) is 44.6 Å². The molecule has 2 aromatic rings. The summed E-state index contributed by atoms with van der Waals surface area (Å²) in [5.41, 5.74) is 1.97. The van der Waals surface area contributed by atoms with Crippen LogP contribution in [0.5, 0.6) is 0 Å². The molecule has 20 heavy (non-hydrogen) atoms. The van der Waals surface area contributed by atoms with Crippen molar-refractivity contribution in [1.82, 2.24) is 0 Å². The minimum Gasteiger partial charge on any atom is -0.455 e. The van der Waals surface area contributed by atoms with E-state index in [4.69, 9.17) is 4.42 Å². The van der Waals surface area contributed by atoms with Gasteiger partial charge in [-0.3, -0.25) is 0 Å². The topological polar surface area (TPSA) is 50.0 Å². The second-order valence-corrected chi connectivity index (χ2v) is 5.39. The molecule has 0 fully saturated rings. The third kappa shape index (κ3) is 3.71. The monoisotopic (exact) mass is 274 g/mol. The summed E-state index contributed by atoms with van der Waals surface area (Å²) in [4.78, 5) is 0. The van der Waals surface area contributed by atoms with Crippen LogP contribution in [0.15, 0.2) is 40.8 Å². The maximum absolute atomic E-state index is 9.51. The summed E-state index contributed by atoms with van der Waals surface area (Å²) in [7, 11) is 0. The van der Waals surface area contributed by atoms with E-state index in [1.54, 1.807) is 6.92 Å². The SMILES string of the molecule is CC[C@@H](C)[NH2+]Cc1ccc(-c2ccc([C@@H](C)O)cc2)o1. The van der Waals surface area contributed by atoms with Crippen molar-refractivity contribution < 1.29 is 14.8 Å². The van der Waals surface area contributed by atoms with Crippen molar-refractivity contribution in [3.8, 4) is 11.3 Å². The molecular weight excluding hydrogens is 250 g/mol. The van der Waals surface area contributed by atoms with E-state index in [9.17, 15) is 5.11 Å². The van der Waals surface area contributed by atoms with Crippen LogP contribution >= 0.6 is 0 Å². The lowest BCUT2D eigenvalue weighted by Crippen LogP contribution is -2.87. The second-order valence-electron chi connectivity index (χ2n) is 5.39. The second kappa shape index (κ2) is 6.73. The molecule has 0 amide bonds. The van der Waals surface area contributed by atoms with Gasteiger partial charge in [-0.05, 0) is 38.0 Å². The average Bonchev–Trinajstić information content (AvgIpc) is 2.93. The molecular formula is C17H24NO2+.